The van der Waals surface area contributed by atoms with Crippen LogP contribution in [0.4, 0.5) is 0 Å². The van der Waals surface area contributed by atoms with Gasteiger partial charge in [-0.2, -0.15) is 0 Å². The van der Waals surface area contributed by atoms with E-state index in [1.807, 2.05) is 0 Å². The number of fused-ring (bicyclic) bond motifs is 3. The lowest BCUT2D eigenvalue weighted by molar-refractivity contribution is 0.669. The molecule has 0 spiro atoms. The zero-order valence-electron chi connectivity index (χ0n) is 9.13. The molecule has 0 aliphatic rings. The van der Waals surface area contributed by atoms with E-state index >= 15 is 0 Å². The van der Waals surface area contributed by atoms with Gasteiger partial charge in [0.2, 0.25) is 0 Å². The first-order valence-electron chi connectivity index (χ1n) is 5.06. The van der Waals surface area contributed by atoms with Crippen LogP contribution in [0.15, 0.2) is 10.5 Å². The first-order chi connectivity index (χ1) is 9.34. The largest absolute Gasteiger partial charge is 0.453 e. The van der Waals surface area contributed by atoms with Crippen LogP contribution in [0.3, 0.4) is 0 Å². The Balaban J connectivity index is 2.67. The maximum absolute atomic E-state index is 6.21. The molecule has 1 heterocycles. The van der Waals surface area contributed by atoms with Crippen LogP contribution < -0.4 is 0 Å². The van der Waals surface area contributed by atoms with Crippen molar-refractivity contribution >= 4 is 103 Å². The average molecular weight is 409 g/mol. The second-order valence-corrected chi connectivity index (χ2v) is 6.60. The van der Waals surface area contributed by atoms with Crippen LogP contribution in [0.2, 0.25) is 35.2 Å². The van der Waals surface area contributed by atoms with E-state index in [2.05, 4.69) is 0 Å². The van der Waals surface area contributed by atoms with Gasteiger partial charge in [0.1, 0.15) is 10.0 Å². The molecular weight excluding hydrogens is 408 g/mol. The first kappa shape index (κ1) is 15.2. The van der Waals surface area contributed by atoms with Crippen molar-refractivity contribution in [2.24, 2.45) is 0 Å². The summed E-state index contributed by atoms with van der Waals surface area (Å²) in [6.07, 6.45) is 0. The molecule has 0 unspecified atom stereocenters. The summed E-state index contributed by atoms with van der Waals surface area (Å²) < 4.78 is 5.63. The molecule has 0 N–H and O–H groups in total. The fourth-order valence-corrected chi connectivity index (χ4v) is 3.52. The van der Waals surface area contributed by atoms with Crippen molar-refractivity contribution in [2.45, 2.75) is 0 Å². The minimum Gasteiger partial charge on any atom is -0.453 e. The lowest BCUT2D eigenvalue weighted by Crippen LogP contribution is -1.78. The molecule has 0 saturated carbocycles. The molecule has 1 nitrogen and oxygen atoms in total. The number of halogens is 7. The Morgan fingerprint density at radius 1 is 0.600 bits per heavy atom. The van der Waals surface area contributed by atoms with Crippen molar-refractivity contribution in [2.75, 3.05) is 0 Å². The zero-order valence-corrected chi connectivity index (χ0v) is 14.4. The number of hydrogen-bond donors (Lipinski definition) is 0. The van der Waals surface area contributed by atoms with Crippen LogP contribution in [-0.4, -0.2) is 0 Å². The third kappa shape index (κ3) is 1.99. The molecule has 2 aromatic carbocycles. The fourth-order valence-electron chi connectivity index (χ4n) is 1.91. The minimum atomic E-state index is 0.109. The Morgan fingerprint density at radius 2 is 1.15 bits per heavy atom. The molecule has 3 aromatic rings. The highest BCUT2D eigenvalue weighted by atomic mass is 35.5. The fraction of sp³-hybridized carbons (Fsp3) is 0. The van der Waals surface area contributed by atoms with Gasteiger partial charge in [0.05, 0.1) is 30.5 Å². The third-order valence-electron chi connectivity index (χ3n) is 2.81. The summed E-state index contributed by atoms with van der Waals surface area (Å²) >= 11 is 42.5. The average Bonchev–Trinajstić information content (AvgIpc) is 2.80. The van der Waals surface area contributed by atoms with E-state index < -0.39 is 0 Å². The Morgan fingerprint density at radius 3 is 1.80 bits per heavy atom. The summed E-state index contributed by atoms with van der Waals surface area (Å²) in [4.78, 5) is 0. The molecule has 104 valence electrons. The monoisotopic (exact) mass is 406 g/mol. The van der Waals surface area contributed by atoms with E-state index in [-0.39, 0.29) is 40.7 Å². The molecule has 0 aliphatic heterocycles. The first-order valence-corrected chi connectivity index (χ1v) is 7.70. The summed E-state index contributed by atoms with van der Waals surface area (Å²) in [7, 11) is 0. The molecule has 0 atom stereocenters. The van der Waals surface area contributed by atoms with Crippen molar-refractivity contribution in [3.63, 3.8) is 0 Å². The molecule has 0 saturated heterocycles. The Bertz CT molecular complexity index is 881. The quantitative estimate of drug-likeness (QED) is 0.270. The lowest BCUT2D eigenvalue weighted by atomic mass is 10.1. The van der Waals surface area contributed by atoms with Crippen molar-refractivity contribution < 1.29 is 4.42 Å². The Hall–Kier alpha value is 0.270. The van der Waals surface area contributed by atoms with E-state index in [1.165, 1.54) is 0 Å². The van der Waals surface area contributed by atoms with Crippen molar-refractivity contribution in [1.82, 2.24) is 0 Å². The highest BCUT2D eigenvalue weighted by Crippen LogP contribution is 2.49. The number of rotatable bonds is 0. The van der Waals surface area contributed by atoms with Gasteiger partial charge in [-0.05, 0) is 6.07 Å². The topological polar surface area (TPSA) is 13.1 Å². The van der Waals surface area contributed by atoms with Gasteiger partial charge in [-0.25, -0.2) is 0 Å². The van der Waals surface area contributed by atoms with Gasteiger partial charge in [0, 0.05) is 5.39 Å². The minimum absolute atomic E-state index is 0.109. The van der Waals surface area contributed by atoms with Gasteiger partial charge in [0.15, 0.2) is 11.2 Å². The summed E-state index contributed by atoms with van der Waals surface area (Å²) in [5.74, 6) is 0. The molecule has 0 amide bonds. The van der Waals surface area contributed by atoms with Crippen LogP contribution in [-0.2, 0) is 0 Å². The van der Waals surface area contributed by atoms with Crippen LogP contribution in [0.1, 0.15) is 0 Å². The smallest absolute Gasteiger partial charge is 0.157 e. The zero-order chi connectivity index (χ0) is 14.8. The predicted octanol–water partition coefficient (Wildman–Crippen LogP) is 8.16. The van der Waals surface area contributed by atoms with Crippen LogP contribution in [0.25, 0.3) is 21.9 Å². The van der Waals surface area contributed by atoms with Gasteiger partial charge in [0.25, 0.3) is 0 Å². The predicted molar refractivity (Wildman–Crippen MR) is 88.8 cm³/mol. The number of benzene rings is 2. The van der Waals surface area contributed by atoms with Gasteiger partial charge in [-0.15, -0.1) is 0 Å². The number of furan rings is 1. The Kier molecular flexibility index (Phi) is 3.92. The van der Waals surface area contributed by atoms with Gasteiger partial charge < -0.3 is 4.42 Å². The molecule has 8 heteroatoms. The molecule has 1 aromatic heterocycles. The second kappa shape index (κ2) is 5.17. The van der Waals surface area contributed by atoms with Gasteiger partial charge in [-0.1, -0.05) is 81.2 Å². The summed E-state index contributed by atoms with van der Waals surface area (Å²) in [5, 5.41) is 2.28. The standard InChI is InChI=1S/C12HCl7O/c13-3-1-2-4-6(15)7(16)8(17)10(19)12(4)20-11(2)9(18)5(3)14/h1H. The summed E-state index contributed by atoms with van der Waals surface area (Å²) in [6.45, 7) is 0. The highest BCUT2D eigenvalue weighted by Gasteiger charge is 2.23. The van der Waals surface area contributed by atoms with E-state index in [4.69, 9.17) is 85.6 Å². The van der Waals surface area contributed by atoms with Crippen molar-refractivity contribution in [3.8, 4) is 0 Å². The second-order valence-electron chi connectivity index (χ2n) is 3.93. The van der Waals surface area contributed by atoms with E-state index in [0.29, 0.717) is 16.4 Å². The summed E-state index contributed by atoms with van der Waals surface area (Å²) in [5.41, 5.74) is 0.597. The van der Waals surface area contributed by atoms with Crippen LogP contribution in [0, 0.1) is 0 Å². The molecule has 0 aliphatic carbocycles. The maximum atomic E-state index is 6.21. The van der Waals surface area contributed by atoms with E-state index in [0.717, 1.165) is 0 Å². The number of hydrogen-bond acceptors (Lipinski definition) is 1. The lowest BCUT2D eigenvalue weighted by Gasteiger charge is -2.03. The molecule has 0 fully saturated rings. The molecule has 20 heavy (non-hydrogen) atoms. The molecule has 0 bridgehead atoms. The third-order valence-corrected chi connectivity index (χ3v) is 5.84. The summed E-state index contributed by atoms with van der Waals surface area (Å²) in [6, 6.07) is 1.59. The van der Waals surface area contributed by atoms with E-state index in [1.54, 1.807) is 6.07 Å². The van der Waals surface area contributed by atoms with Crippen molar-refractivity contribution in [3.05, 3.63) is 41.2 Å². The van der Waals surface area contributed by atoms with Crippen LogP contribution in [0.5, 0.6) is 0 Å². The highest BCUT2D eigenvalue weighted by molar-refractivity contribution is 6.57. The molecule has 0 radical (unpaired) electrons. The van der Waals surface area contributed by atoms with E-state index in [9.17, 15) is 0 Å². The van der Waals surface area contributed by atoms with Crippen LogP contribution >= 0.6 is 81.2 Å². The SMILES string of the molecule is Clc1cc2c(oc3c(Cl)c(Cl)c(Cl)c(Cl)c32)c(Cl)c1Cl. The van der Waals surface area contributed by atoms with Gasteiger partial charge >= 0.3 is 0 Å². The molecule has 3 rings (SSSR count). The maximum Gasteiger partial charge on any atom is 0.157 e. The van der Waals surface area contributed by atoms with Crippen molar-refractivity contribution in [1.29, 1.82) is 0 Å². The molecular formula is C12HCl7O. The Labute approximate surface area is 148 Å². The normalized spacial score (nSPS) is 11.8. The van der Waals surface area contributed by atoms with Gasteiger partial charge in [-0.3, -0.25) is 0 Å².